The van der Waals surface area contributed by atoms with Gasteiger partial charge in [0.1, 0.15) is 5.69 Å². The lowest BCUT2D eigenvalue weighted by Crippen LogP contribution is -2.21. The van der Waals surface area contributed by atoms with Crippen molar-refractivity contribution in [3.63, 3.8) is 0 Å². The van der Waals surface area contributed by atoms with Crippen LogP contribution in [0.3, 0.4) is 0 Å². The molecule has 0 aliphatic heterocycles. The van der Waals surface area contributed by atoms with Crippen molar-refractivity contribution in [3.05, 3.63) is 70.2 Å². The van der Waals surface area contributed by atoms with Gasteiger partial charge in [0.05, 0.1) is 24.2 Å². The number of hydrogen-bond acceptors (Lipinski definition) is 4. The van der Waals surface area contributed by atoms with E-state index in [0.29, 0.717) is 18.0 Å². The summed E-state index contributed by atoms with van der Waals surface area (Å²) in [7, 11) is 0. The zero-order valence-electron chi connectivity index (χ0n) is 11.3. The first-order valence-electron chi connectivity index (χ1n) is 6.56. The third-order valence-electron chi connectivity index (χ3n) is 2.95. The molecule has 0 aliphatic carbocycles. The maximum Gasteiger partial charge on any atom is 0.261 e. The predicted octanol–water partition coefficient (Wildman–Crippen LogP) is 2.32. The quantitative estimate of drug-likeness (QED) is 0.786. The van der Waals surface area contributed by atoms with E-state index in [2.05, 4.69) is 15.6 Å². The highest BCUT2D eigenvalue weighted by molar-refractivity contribution is 7.12. The predicted molar refractivity (Wildman–Crippen MR) is 81.1 cm³/mol. The molecule has 2 aromatic heterocycles. The Hall–Kier alpha value is -2.47. The standard InChI is InChI=1S/C15H14N4OS/c20-15(14-7-4-8-21-14)16-9-13-11-19(18-17-13)10-12-5-2-1-3-6-12/h1-8,11H,9-10H2,(H,16,20). The molecule has 0 fully saturated rings. The van der Waals surface area contributed by atoms with Crippen LogP contribution in [0.2, 0.25) is 0 Å². The van der Waals surface area contributed by atoms with E-state index in [1.165, 1.54) is 11.3 Å². The molecule has 5 nitrogen and oxygen atoms in total. The minimum atomic E-state index is -0.0809. The first kappa shape index (κ1) is 13.5. The molecule has 2 heterocycles. The van der Waals surface area contributed by atoms with E-state index in [4.69, 9.17) is 0 Å². The number of aromatic nitrogens is 3. The van der Waals surface area contributed by atoms with Crippen LogP contribution >= 0.6 is 11.3 Å². The first-order chi connectivity index (χ1) is 10.3. The normalized spacial score (nSPS) is 10.5. The summed E-state index contributed by atoms with van der Waals surface area (Å²) in [4.78, 5) is 12.5. The van der Waals surface area contributed by atoms with Gasteiger partial charge in [-0.1, -0.05) is 41.6 Å². The van der Waals surface area contributed by atoms with Gasteiger partial charge in [0.25, 0.3) is 5.91 Å². The molecule has 3 rings (SSSR count). The molecule has 0 spiro atoms. The zero-order valence-corrected chi connectivity index (χ0v) is 12.1. The summed E-state index contributed by atoms with van der Waals surface area (Å²) in [6, 6.07) is 13.7. The molecule has 3 aromatic rings. The monoisotopic (exact) mass is 298 g/mol. The third-order valence-corrected chi connectivity index (χ3v) is 3.82. The summed E-state index contributed by atoms with van der Waals surface area (Å²) in [6.07, 6.45) is 1.85. The Morgan fingerprint density at radius 3 is 2.81 bits per heavy atom. The van der Waals surface area contributed by atoms with Gasteiger partial charge in [0.2, 0.25) is 0 Å². The first-order valence-corrected chi connectivity index (χ1v) is 7.44. The van der Waals surface area contributed by atoms with Gasteiger partial charge in [0, 0.05) is 0 Å². The highest BCUT2D eigenvalue weighted by atomic mass is 32.1. The van der Waals surface area contributed by atoms with Gasteiger partial charge in [-0.3, -0.25) is 4.79 Å². The van der Waals surface area contributed by atoms with Crippen LogP contribution in [0.25, 0.3) is 0 Å². The number of carbonyl (C=O) groups excluding carboxylic acids is 1. The molecule has 0 aliphatic rings. The SMILES string of the molecule is O=C(NCc1cn(Cc2ccccc2)nn1)c1cccs1. The van der Waals surface area contributed by atoms with Crippen molar-refractivity contribution in [2.24, 2.45) is 0 Å². The molecule has 6 heteroatoms. The lowest BCUT2D eigenvalue weighted by Gasteiger charge is -2.00. The van der Waals surface area contributed by atoms with E-state index in [9.17, 15) is 4.79 Å². The second kappa shape index (κ2) is 6.32. The van der Waals surface area contributed by atoms with Crippen molar-refractivity contribution in [3.8, 4) is 0 Å². The molecule has 21 heavy (non-hydrogen) atoms. The van der Waals surface area contributed by atoms with E-state index in [0.717, 1.165) is 11.3 Å². The minimum Gasteiger partial charge on any atom is -0.346 e. The van der Waals surface area contributed by atoms with Crippen LogP contribution < -0.4 is 5.32 Å². The molecule has 0 atom stereocenters. The molecule has 1 amide bonds. The van der Waals surface area contributed by atoms with E-state index in [-0.39, 0.29) is 5.91 Å². The van der Waals surface area contributed by atoms with E-state index < -0.39 is 0 Å². The Morgan fingerprint density at radius 1 is 1.19 bits per heavy atom. The molecule has 0 unspecified atom stereocenters. The summed E-state index contributed by atoms with van der Waals surface area (Å²) in [5.41, 5.74) is 1.91. The fourth-order valence-corrected chi connectivity index (χ4v) is 2.57. The average molecular weight is 298 g/mol. The fourth-order valence-electron chi connectivity index (χ4n) is 1.93. The summed E-state index contributed by atoms with van der Waals surface area (Å²) < 4.78 is 1.77. The van der Waals surface area contributed by atoms with Gasteiger partial charge in [0.15, 0.2) is 0 Å². The molecule has 0 radical (unpaired) electrons. The number of amides is 1. The number of thiophene rings is 1. The highest BCUT2D eigenvalue weighted by Gasteiger charge is 2.07. The number of benzene rings is 1. The Bertz CT molecular complexity index is 706. The van der Waals surface area contributed by atoms with Gasteiger partial charge in [-0.05, 0) is 17.0 Å². The fraction of sp³-hybridized carbons (Fsp3) is 0.133. The van der Waals surface area contributed by atoms with Crippen LogP contribution in [-0.2, 0) is 13.1 Å². The van der Waals surface area contributed by atoms with E-state index >= 15 is 0 Å². The van der Waals surface area contributed by atoms with Gasteiger partial charge in [-0.25, -0.2) is 4.68 Å². The van der Waals surface area contributed by atoms with E-state index in [1.54, 1.807) is 10.7 Å². The van der Waals surface area contributed by atoms with Crippen LogP contribution in [-0.4, -0.2) is 20.9 Å². The summed E-state index contributed by atoms with van der Waals surface area (Å²) in [5, 5.41) is 12.9. The lowest BCUT2D eigenvalue weighted by atomic mass is 10.2. The maximum absolute atomic E-state index is 11.8. The number of nitrogens with one attached hydrogen (secondary N) is 1. The van der Waals surface area contributed by atoms with Crippen molar-refractivity contribution in [2.75, 3.05) is 0 Å². The van der Waals surface area contributed by atoms with Crippen molar-refractivity contribution in [1.82, 2.24) is 20.3 Å². The second-order valence-electron chi connectivity index (χ2n) is 4.55. The molecular weight excluding hydrogens is 284 g/mol. The van der Waals surface area contributed by atoms with Crippen LogP contribution in [0.5, 0.6) is 0 Å². The molecule has 1 N–H and O–H groups in total. The third kappa shape index (κ3) is 3.55. The van der Waals surface area contributed by atoms with Crippen molar-refractivity contribution in [2.45, 2.75) is 13.1 Å². The average Bonchev–Trinajstić information content (AvgIpc) is 3.17. The summed E-state index contributed by atoms with van der Waals surface area (Å²) in [5.74, 6) is -0.0809. The van der Waals surface area contributed by atoms with Crippen LogP contribution in [0.15, 0.2) is 54.0 Å². The lowest BCUT2D eigenvalue weighted by molar-refractivity contribution is 0.0954. The van der Waals surface area contributed by atoms with E-state index in [1.807, 2.05) is 48.0 Å². The van der Waals surface area contributed by atoms with Gasteiger partial charge in [-0.15, -0.1) is 16.4 Å². The Morgan fingerprint density at radius 2 is 2.05 bits per heavy atom. The Labute approximate surface area is 126 Å². The molecule has 106 valence electrons. The highest BCUT2D eigenvalue weighted by Crippen LogP contribution is 2.08. The maximum atomic E-state index is 11.8. The Kier molecular flexibility index (Phi) is 4.07. The number of nitrogens with zero attached hydrogens (tertiary/aromatic N) is 3. The largest absolute Gasteiger partial charge is 0.346 e. The smallest absolute Gasteiger partial charge is 0.261 e. The molecule has 0 bridgehead atoms. The van der Waals surface area contributed by atoms with Crippen molar-refractivity contribution < 1.29 is 4.79 Å². The van der Waals surface area contributed by atoms with Crippen molar-refractivity contribution >= 4 is 17.2 Å². The zero-order chi connectivity index (χ0) is 14.5. The minimum absolute atomic E-state index is 0.0809. The van der Waals surface area contributed by atoms with Crippen LogP contribution in [0.1, 0.15) is 20.9 Å². The molecule has 1 aromatic carbocycles. The summed E-state index contributed by atoms with van der Waals surface area (Å²) in [6.45, 7) is 1.05. The number of carbonyl (C=O) groups is 1. The Balaban J connectivity index is 1.57. The van der Waals surface area contributed by atoms with Gasteiger partial charge >= 0.3 is 0 Å². The van der Waals surface area contributed by atoms with Crippen LogP contribution in [0.4, 0.5) is 0 Å². The van der Waals surface area contributed by atoms with Crippen LogP contribution in [0, 0.1) is 0 Å². The molecular formula is C15H14N4OS. The number of hydrogen-bond donors (Lipinski definition) is 1. The van der Waals surface area contributed by atoms with Crippen molar-refractivity contribution in [1.29, 1.82) is 0 Å². The number of rotatable bonds is 5. The topological polar surface area (TPSA) is 59.8 Å². The molecule has 0 saturated heterocycles. The molecule has 0 saturated carbocycles. The summed E-state index contributed by atoms with van der Waals surface area (Å²) >= 11 is 1.42. The van der Waals surface area contributed by atoms with Gasteiger partial charge in [-0.2, -0.15) is 0 Å². The van der Waals surface area contributed by atoms with Gasteiger partial charge < -0.3 is 5.32 Å². The second-order valence-corrected chi connectivity index (χ2v) is 5.50.